The fourth-order valence-electron chi connectivity index (χ4n) is 1.54. The molecular weight excluding hydrogens is 274 g/mol. The summed E-state index contributed by atoms with van der Waals surface area (Å²) in [4.78, 5) is 16.4. The van der Waals surface area contributed by atoms with Crippen molar-refractivity contribution < 1.29 is 13.6 Å². The van der Waals surface area contributed by atoms with E-state index in [0.717, 1.165) is 12.1 Å². The van der Waals surface area contributed by atoms with E-state index in [9.17, 15) is 13.6 Å². The second-order valence-corrected chi connectivity index (χ2v) is 4.45. The number of rotatable bonds is 2. The topological polar surface area (TPSA) is 59.3 Å². The lowest BCUT2D eigenvalue weighted by molar-refractivity contribution is 0.102. The van der Waals surface area contributed by atoms with Crippen molar-refractivity contribution in [2.75, 3.05) is 5.32 Å². The number of anilines is 1. The van der Waals surface area contributed by atoms with Crippen LogP contribution in [0.25, 0.3) is 4.96 Å². The smallest absolute Gasteiger partial charge is 0.276 e. The molecule has 96 valence electrons. The van der Waals surface area contributed by atoms with Crippen LogP contribution in [0.1, 0.15) is 10.5 Å². The van der Waals surface area contributed by atoms with Gasteiger partial charge in [0.25, 0.3) is 5.91 Å². The average molecular weight is 280 g/mol. The highest BCUT2D eigenvalue weighted by Crippen LogP contribution is 2.19. The number of imidazole rings is 1. The molecule has 0 aliphatic carbocycles. The Kier molecular flexibility index (Phi) is 2.71. The number of nitrogens with one attached hydrogen (secondary N) is 1. The Morgan fingerprint density at radius 2 is 2.05 bits per heavy atom. The monoisotopic (exact) mass is 280 g/mol. The third kappa shape index (κ3) is 2.06. The molecular formula is C11H6F2N4OS. The third-order valence-electron chi connectivity index (χ3n) is 2.42. The van der Waals surface area contributed by atoms with Crippen LogP contribution in [0, 0.1) is 11.6 Å². The van der Waals surface area contributed by atoms with Gasteiger partial charge < -0.3 is 5.32 Å². The van der Waals surface area contributed by atoms with E-state index in [1.54, 1.807) is 5.51 Å². The van der Waals surface area contributed by atoms with Gasteiger partial charge in [-0.3, -0.25) is 4.79 Å². The number of hydrogen-bond donors (Lipinski definition) is 1. The molecule has 1 aromatic carbocycles. The summed E-state index contributed by atoms with van der Waals surface area (Å²) in [6, 6.07) is 3.34. The molecule has 0 aliphatic heterocycles. The highest BCUT2D eigenvalue weighted by molar-refractivity contribution is 7.14. The lowest BCUT2D eigenvalue weighted by atomic mass is 10.3. The number of hydrogen-bond acceptors (Lipinski definition) is 4. The van der Waals surface area contributed by atoms with Gasteiger partial charge in [0.2, 0.25) is 4.96 Å². The number of carbonyl (C=O) groups excluding carboxylic acids is 1. The molecule has 3 rings (SSSR count). The number of benzene rings is 1. The lowest BCUT2D eigenvalue weighted by Gasteiger charge is -2.05. The SMILES string of the molecule is O=C(Nc1c(F)cccc1F)c1cn2ncsc2n1. The third-order valence-corrected chi connectivity index (χ3v) is 3.11. The number of carbonyl (C=O) groups is 1. The number of nitrogens with zero attached hydrogens (tertiary/aromatic N) is 3. The minimum absolute atomic E-state index is 0.0435. The molecule has 0 radical (unpaired) electrons. The van der Waals surface area contributed by atoms with Gasteiger partial charge >= 0.3 is 0 Å². The maximum absolute atomic E-state index is 13.4. The molecule has 8 heteroatoms. The van der Waals surface area contributed by atoms with Crippen LogP contribution in [0.5, 0.6) is 0 Å². The van der Waals surface area contributed by atoms with Gasteiger partial charge in [-0.15, -0.1) is 0 Å². The molecule has 1 amide bonds. The highest BCUT2D eigenvalue weighted by atomic mass is 32.1. The molecule has 2 heterocycles. The standard InChI is InChI=1S/C11H6F2N4OS/c12-6-2-1-3-7(13)9(6)16-10(18)8-4-17-11(15-8)19-5-14-17/h1-5H,(H,16,18). The summed E-state index contributed by atoms with van der Waals surface area (Å²) in [6.07, 6.45) is 1.39. The van der Waals surface area contributed by atoms with E-state index in [2.05, 4.69) is 15.4 Å². The van der Waals surface area contributed by atoms with E-state index < -0.39 is 23.2 Å². The van der Waals surface area contributed by atoms with Gasteiger partial charge in [0.15, 0.2) is 0 Å². The maximum Gasteiger partial charge on any atom is 0.276 e. The molecule has 5 nitrogen and oxygen atoms in total. The molecule has 2 aromatic heterocycles. The molecule has 0 unspecified atom stereocenters. The summed E-state index contributed by atoms with van der Waals surface area (Å²) >= 11 is 1.25. The first-order valence-electron chi connectivity index (χ1n) is 5.19. The Hall–Kier alpha value is -2.35. The Balaban J connectivity index is 1.91. The first-order chi connectivity index (χ1) is 9.15. The predicted octanol–water partition coefficient (Wildman–Crippen LogP) is 2.32. The number of para-hydroxylation sites is 1. The second-order valence-electron chi connectivity index (χ2n) is 3.64. The average Bonchev–Trinajstić information content (AvgIpc) is 2.94. The van der Waals surface area contributed by atoms with Crippen molar-refractivity contribution in [3.8, 4) is 0 Å². The fourth-order valence-corrected chi connectivity index (χ4v) is 2.14. The summed E-state index contributed by atoms with van der Waals surface area (Å²) in [5.74, 6) is -2.37. The van der Waals surface area contributed by atoms with Gasteiger partial charge in [0.1, 0.15) is 28.5 Å². The molecule has 0 saturated heterocycles. The minimum atomic E-state index is -0.840. The van der Waals surface area contributed by atoms with Crippen molar-refractivity contribution in [1.29, 1.82) is 0 Å². The molecule has 0 atom stereocenters. The van der Waals surface area contributed by atoms with E-state index >= 15 is 0 Å². The molecule has 19 heavy (non-hydrogen) atoms. The molecule has 0 saturated carbocycles. The predicted molar refractivity (Wildman–Crippen MR) is 65.2 cm³/mol. The van der Waals surface area contributed by atoms with Gasteiger partial charge in [-0.1, -0.05) is 17.4 Å². The Bertz CT molecular complexity index is 718. The molecule has 3 aromatic rings. The van der Waals surface area contributed by atoms with Gasteiger partial charge in [-0.25, -0.2) is 18.3 Å². The van der Waals surface area contributed by atoms with Gasteiger partial charge in [0.05, 0.1) is 6.20 Å². The number of halogens is 2. The van der Waals surface area contributed by atoms with Crippen LogP contribution in [0.2, 0.25) is 0 Å². The van der Waals surface area contributed by atoms with E-state index in [-0.39, 0.29) is 5.69 Å². The van der Waals surface area contributed by atoms with Crippen molar-refractivity contribution in [3.05, 3.63) is 47.2 Å². The molecule has 0 bridgehead atoms. The van der Waals surface area contributed by atoms with E-state index in [1.807, 2.05) is 0 Å². The van der Waals surface area contributed by atoms with Crippen molar-refractivity contribution in [1.82, 2.24) is 14.6 Å². The fraction of sp³-hybridized carbons (Fsp3) is 0. The molecule has 0 spiro atoms. The highest BCUT2D eigenvalue weighted by Gasteiger charge is 2.16. The Labute approximate surface area is 109 Å². The number of amides is 1. The van der Waals surface area contributed by atoms with Crippen molar-refractivity contribution >= 4 is 27.9 Å². The van der Waals surface area contributed by atoms with Crippen LogP contribution < -0.4 is 5.32 Å². The minimum Gasteiger partial charge on any atom is -0.316 e. The van der Waals surface area contributed by atoms with Crippen LogP contribution >= 0.6 is 11.3 Å². The van der Waals surface area contributed by atoms with Crippen LogP contribution in [-0.4, -0.2) is 20.5 Å². The first kappa shape index (κ1) is 11.7. The summed E-state index contributed by atoms with van der Waals surface area (Å²) in [5.41, 5.74) is 1.12. The zero-order valence-corrected chi connectivity index (χ0v) is 10.1. The van der Waals surface area contributed by atoms with E-state index in [0.29, 0.717) is 4.96 Å². The van der Waals surface area contributed by atoms with Gasteiger partial charge in [0, 0.05) is 0 Å². The summed E-state index contributed by atoms with van der Waals surface area (Å²) in [6.45, 7) is 0. The van der Waals surface area contributed by atoms with Crippen LogP contribution in [0.15, 0.2) is 29.9 Å². The maximum atomic E-state index is 13.4. The van der Waals surface area contributed by atoms with Crippen LogP contribution in [-0.2, 0) is 0 Å². The van der Waals surface area contributed by atoms with E-state index in [1.165, 1.54) is 28.1 Å². The van der Waals surface area contributed by atoms with Crippen molar-refractivity contribution in [2.24, 2.45) is 0 Å². The zero-order valence-electron chi connectivity index (χ0n) is 9.30. The van der Waals surface area contributed by atoms with E-state index in [4.69, 9.17) is 0 Å². The molecule has 1 N–H and O–H groups in total. The van der Waals surface area contributed by atoms with Crippen LogP contribution in [0.3, 0.4) is 0 Å². The Morgan fingerprint density at radius 3 is 2.74 bits per heavy atom. The summed E-state index contributed by atoms with van der Waals surface area (Å²) in [5, 5.41) is 6.07. The molecule has 0 aliphatic rings. The zero-order chi connectivity index (χ0) is 13.4. The number of fused-ring (bicyclic) bond motifs is 1. The molecule has 0 fully saturated rings. The normalized spacial score (nSPS) is 10.8. The largest absolute Gasteiger partial charge is 0.316 e. The first-order valence-corrected chi connectivity index (χ1v) is 6.07. The summed E-state index contributed by atoms with van der Waals surface area (Å²) in [7, 11) is 0. The van der Waals surface area contributed by atoms with Gasteiger partial charge in [-0.05, 0) is 12.1 Å². The second kappa shape index (κ2) is 4.39. The quantitative estimate of drug-likeness (QED) is 0.783. The van der Waals surface area contributed by atoms with Gasteiger partial charge in [-0.2, -0.15) is 5.10 Å². The lowest BCUT2D eigenvalue weighted by Crippen LogP contribution is -2.14. The number of aromatic nitrogens is 3. The van der Waals surface area contributed by atoms with Crippen LogP contribution in [0.4, 0.5) is 14.5 Å². The summed E-state index contributed by atoms with van der Waals surface area (Å²) < 4.78 is 28.2. The Morgan fingerprint density at radius 1 is 1.32 bits per heavy atom. The van der Waals surface area contributed by atoms with Crippen molar-refractivity contribution in [2.45, 2.75) is 0 Å². The van der Waals surface area contributed by atoms with Crippen molar-refractivity contribution in [3.63, 3.8) is 0 Å².